The molecule has 0 saturated heterocycles. The standard InChI is InChI=1S/C21H22F3N3OS/c1-5-16-17(21(22,23)24)27-19(29-16)26-14-10-8-12-25-18(14)28-15-11-7-6-9-13(15)20(2,3)4/h6-12H,5H2,1-4H3,(H,26,27). The van der Waals surface area contributed by atoms with Crippen molar-refractivity contribution < 1.29 is 17.9 Å². The molecule has 4 nitrogen and oxygen atoms in total. The van der Waals surface area contributed by atoms with Gasteiger partial charge in [0.2, 0.25) is 5.88 Å². The molecule has 1 N–H and O–H groups in total. The Balaban J connectivity index is 1.93. The third kappa shape index (κ3) is 4.87. The van der Waals surface area contributed by atoms with E-state index in [2.05, 4.69) is 36.1 Å². The number of ether oxygens (including phenoxy) is 1. The summed E-state index contributed by atoms with van der Waals surface area (Å²) in [5, 5.41) is 3.09. The number of thiazole rings is 1. The van der Waals surface area contributed by atoms with Crippen LogP contribution in [0.15, 0.2) is 42.6 Å². The number of pyridine rings is 1. The number of para-hydroxylation sites is 1. The van der Waals surface area contributed by atoms with Gasteiger partial charge in [0.05, 0.1) is 0 Å². The minimum Gasteiger partial charge on any atom is -0.437 e. The Kier molecular flexibility index (Phi) is 5.84. The fourth-order valence-electron chi connectivity index (χ4n) is 2.83. The van der Waals surface area contributed by atoms with Crippen LogP contribution in [-0.4, -0.2) is 9.97 Å². The lowest BCUT2D eigenvalue weighted by Gasteiger charge is -2.22. The third-order valence-electron chi connectivity index (χ3n) is 4.20. The van der Waals surface area contributed by atoms with Crippen molar-refractivity contribution in [3.8, 4) is 11.6 Å². The molecule has 0 unspecified atom stereocenters. The van der Waals surface area contributed by atoms with Gasteiger partial charge >= 0.3 is 6.18 Å². The van der Waals surface area contributed by atoms with Crippen molar-refractivity contribution in [2.45, 2.75) is 45.7 Å². The highest BCUT2D eigenvalue weighted by Gasteiger charge is 2.37. The molecule has 154 valence electrons. The molecule has 0 fully saturated rings. The van der Waals surface area contributed by atoms with Crippen LogP contribution in [0.5, 0.6) is 11.6 Å². The average Bonchev–Trinajstić information content (AvgIpc) is 3.06. The van der Waals surface area contributed by atoms with Gasteiger partial charge in [-0.2, -0.15) is 13.2 Å². The van der Waals surface area contributed by atoms with E-state index < -0.39 is 11.9 Å². The molecule has 0 saturated carbocycles. The van der Waals surface area contributed by atoms with Crippen LogP contribution in [0.3, 0.4) is 0 Å². The Hall–Kier alpha value is -2.61. The van der Waals surface area contributed by atoms with Gasteiger partial charge in [-0.15, -0.1) is 11.3 Å². The Morgan fingerprint density at radius 2 is 1.79 bits per heavy atom. The first-order valence-electron chi connectivity index (χ1n) is 9.16. The van der Waals surface area contributed by atoms with Gasteiger partial charge in [-0.05, 0) is 30.0 Å². The molecule has 0 amide bonds. The molecule has 0 bridgehead atoms. The molecule has 0 atom stereocenters. The molecule has 0 aliphatic heterocycles. The van der Waals surface area contributed by atoms with E-state index in [0.29, 0.717) is 11.4 Å². The summed E-state index contributed by atoms with van der Waals surface area (Å²) in [6.45, 7) is 7.91. The smallest absolute Gasteiger partial charge is 0.434 e. The molecule has 8 heteroatoms. The van der Waals surface area contributed by atoms with Crippen molar-refractivity contribution in [1.82, 2.24) is 9.97 Å². The van der Waals surface area contributed by atoms with E-state index in [9.17, 15) is 13.2 Å². The number of alkyl halides is 3. The number of nitrogens with one attached hydrogen (secondary N) is 1. The monoisotopic (exact) mass is 421 g/mol. The van der Waals surface area contributed by atoms with Gasteiger partial charge in [0.1, 0.15) is 11.4 Å². The predicted molar refractivity (Wildman–Crippen MR) is 109 cm³/mol. The van der Waals surface area contributed by atoms with Crippen molar-refractivity contribution >= 4 is 22.2 Å². The van der Waals surface area contributed by atoms with Crippen molar-refractivity contribution in [3.63, 3.8) is 0 Å². The van der Waals surface area contributed by atoms with E-state index in [-0.39, 0.29) is 27.7 Å². The number of rotatable bonds is 5. The van der Waals surface area contributed by atoms with Gasteiger partial charge < -0.3 is 10.1 Å². The maximum atomic E-state index is 13.2. The number of hydrogen-bond donors (Lipinski definition) is 1. The van der Waals surface area contributed by atoms with Crippen LogP contribution in [0.25, 0.3) is 0 Å². The number of nitrogens with zero attached hydrogens (tertiary/aromatic N) is 2. The van der Waals surface area contributed by atoms with Gasteiger partial charge in [0.25, 0.3) is 0 Å². The number of benzene rings is 1. The molecule has 0 aliphatic carbocycles. The molecule has 0 aliphatic rings. The van der Waals surface area contributed by atoms with Crippen LogP contribution in [0.1, 0.15) is 43.8 Å². The van der Waals surface area contributed by atoms with Gasteiger partial charge in [-0.3, -0.25) is 0 Å². The second kappa shape index (κ2) is 8.02. The van der Waals surface area contributed by atoms with Gasteiger partial charge in [-0.25, -0.2) is 9.97 Å². The predicted octanol–water partition coefficient (Wildman–Crippen LogP) is 6.95. The Labute approximate surface area is 171 Å². The SMILES string of the molecule is CCc1sc(Nc2cccnc2Oc2ccccc2C(C)(C)C)nc1C(F)(F)F. The topological polar surface area (TPSA) is 47.0 Å². The fourth-order valence-corrected chi connectivity index (χ4v) is 3.76. The zero-order valence-electron chi connectivity index (χ0n) is 16.6. The number of aryl methyl sites for hydroxylation is 1. The first-order chi connectivity index (χ1) is 13.6. The van der Waals surface area contributed by atoms with Crippen molar-refractivity contribution in [2.24, 2.45) is 0 Å². The minimum absolute atomic E-state index is 0.147. The minimum atomic E-state index is -4.48. The number of halogens is 3. The van der Waals surface area contributed by atoms with Crippen LogP contribution in [0.2, 0.25) is 0 Å². The number of aromatic nitrogens is 2. The summed E-state index contributed by atoms with van der Waals surface area (Å²) in [6, 6.07) is 11.0. The van der Waals surface area contributed by atoms with Crippen molar-refractivity contribution in [2.75, 3.05) is 5.32 Å². The zero-order valence-corrected chi connectivity index (χ0v) is 17.4. The second-order valence-corrected chi connectivity index (χ2v) is 8.56. The molecule has 0 spiro atoms. The summed E-state index contributed by atoms with van der Waals surface area (Å²) in [7, 11) is 0. The first kappa shape index (κ1) is 21.1. The summed E-state index contributed by atoms with van der Waals surface area (Å²) in [5.41, 5.74) is 0.447. The van der Waals surface area contributed by atoms with Crippen molar-refractivity contribution in [1.29, 1.82) is 0 Å². The van der Waals surface area contributed by atoms with Gasteiger partial charge in [0, 0.05) is 16.6 Å². The van der Waals surface area contributed by atoms with Gasteiger partial charge in [0.15, 0.2) is 10.8 Å². The van der Waals surface area contributed by atoms with Crippen LogP contribution < -0.4 is 10.1 Å². The van der Waals surface area contributed by atoms with Crippen LogP contribution >= 0.6 is 11.3 Å². The molecule has 3 aromatic rings. The largest absolute Gasteiger partial charge is 0.437 e. The maximum Gasteiger partial charge on any atom is 0.434 e. The lowest BCUT2D eigenvalue weighted by Crippen LogP contribution is -2.12. The lowest BCUT2D eigenvalue weighted by atomic mass is 9.86. The van der Waals surface area contributed by atoms with E-state index >= 15 is 0 Å². The fraction of sp³-hybridized carbons (Fsp3) is 0.333. The molecule has 2 aromatic heterocycles. The third-order valence-corrected chi connectivity index (χ3v) is 5.32. The maximum absolute atomic E-state index is 13.2. The summed E-state index contributed by atoms with van der Waals surface area (Å²) in [4.78, 5) is 8.20. The summed E-state index contributed by atoms with van der Waals surface area (Å²) in [5.74, 6) is 0.914. The average molecular weight is 421 g/mol. The van der Waals surface area contributed by atoms with E-state index in [1.165, 1.54) is 0 Å². The van der Waals surface area contributed by atoms with E-state index in [1.54, 1.807) is 25.3 Å². The van der Waals surface area contributed by atoms with Crippen LogP contribution in [0.4, 0.5) is 24.0 Å². The molecular formula is C21H22F3N3OS. The van der Waals surface area contributed by atoms with E-state index in [1.807, 2.05) is 24.3 Å². The highest BCUT2D eigenvalue weighted by molar-refractivity contribution is 7.15. The Morgan fingerprint density at radius 1 is 1.07 bits per heavy atom. The molecule has 2 heterocycles. The van der Waals surface area contributed by atoms with Crippen molar-refractivity contribution in [3.05, 3.63) is 58.7 Å². The Morgan fingerprint density at radius 3 is 2.41 bits per heavy atom. The number of hydrogen-bond acceptors (Lipinski definition) is 5. The highest BCUT2D eigenvalue weighted by Crippen LogP contribution is 2.39. The van der Waals surface area contributed by atoms with Gasteiger partial charge in [-0.1, -0.05) is 45.9 Å². The quantitative estimate of drug-likeness (QED) is 0.484. The molecular weight excluding hydrogens is 399 g/mol. The summed E-state index contributed by atoms with van der Waals surface area (Å²) < 4.78 is 45.6. The second-order valence-electron chi connectivity index (χ2n) is 7.47. The summed E-state index contributed by atoms with van der Waals surface area (Å²) in [6.07, 6.45) is -2.66. The zero-order chi connectivity index (χ0) is 21.2. The Bertz CT molecular complexity index is 993. The molecule has 0 radical (unpaired) electrons. The number of anilines is 2. The molecule has 3 rings (SSSR count). The molecule has 1 aromatic carbocycles. The highest BCUT2D eigenvalue weighted by atomic mass is 32.1. The van der Waals surface area contributed by atoms with Crippen LogP contribution in [-0.2, 0) is 18.0 Å². The van der Waals surface area contributed by atoms with E-state index in [4.69, 9.17) is 4.74 Å². The normalized spacial score (nSPS) is 12.1. The lowest BCUT2D eigenvalue weighted by molar-refractivity contribution is -0.141. The van der Waals surface area contributed by atoms with E-state index in [0.717, 1.165) is 16.9 Å². The first-order valence-corrected chi connectivity index (χ1v) is 9.97. The molecule has 29 heavy (non-hydrogen) atoms. The van der Waals surface area contributed by atoms with Crippen LogP contribution in [0, 0.1) is 0 Å². The summed E-state index contributed by atoms with van der Waals surface area (Å²) >= 11 is 0.978.